The lowest BCUT2D eigenvalue weighted by atomic mass is 9.99. The summed E-state index contributed by atoms with van der Waals surface area (Å²) < 4.78 is 13.1. The molecule has 0 aromatic carbocycles. The van der Waals surface area contributed by atoms with Crippen LogP contribution in [0.15, 0.2) is 48.6 Å². The molecule has 1 rings (SSSR count). The summed E-state index contributed by atoms with van der Waals surface area (Å²) in [4.78, 5) is 2.25. The molecule has 0 saturated carbocycles. The predicted molar refractivity (Wildman–Crippen MR) is 195 cm³/mol. The number of allylic oxidation sites excluding steroid dienone is 8. The van der Waals surface area contributed by atoms with Gasteiger partial charge in [0.05, 0.1) is 12.7 Å². The lowest BCUT2D eigenvalue weighted by Crippen LogP contribution is -2.31. The molecule has 0 radical (unpaired) electrons. The quantitative estimate of drug-likeness (QED) is 0.0573. The molecule has 0 N–H and O–H groups in total. The van der Waals surface area contributed by atoms with Crippen LogP contribution >= 0.6 is 0 Å². The lowest BCUT2D eigenvalue weighted by Gasteiger charge is -2.29. The molecule has 1 unspecified atom stereocenters. The van der Waals surface area contributed by atoms with Gasteiger partial charge in [0.15, 0.2) is 5.79 Å². The minimum atomic E-state index is -0.323. The van der Waals surface area contributed by atoms with E-state index >= 15 is 0 Å². The van der Waals surface area contributed by atoms with Gasteiger partial charge in [-0.05, 0) is 97.6 Å². The second-order valence-electron chi connectivity index (χ2n) is 13.5. The van der Waals surface area contributed by atoms with Crippen LogP contribution in [0.2, 0.25) is 0 Å². The molecule has 0 aliphatic carbocycles. The SMILES string of the molecule is CCCCC/C=C\C/C=C\CCCCCCCC1(CCCCCCC/C=C\C/C=C\CCCCC)OCC(CCN(C)C)O1. The van der Waals surface area contributed by atoms with Crippen molar-refractivity contribution in [1.29, 1.82) is 0 Å². The second-order valence-corrected chi connectivity index (χ2v) is 13.5. The first kappa shape index (κ1) is 40.9. The van der Waals surface area contributed by atoms with Crippen LogP contribution in [-0.4, -0.2) is 44.0 Å². The predicted octanol–water partition coefficient (Wildman–Crippen LogP) is 12.7. The molecule has 3 heteroatoms. The minimum Gasteiger partial charge on any atom is -0.347 e. The molecule has 1 fully saturated rings. The summed E-state index contributed by atoms with van der Waals surface area (Å²) in [5.41, 5.74) is 0. The second kappa shape index (κ2) is 30.5. The first-order valence-corrected chi connectivity index (χ1v) is 19.2. The van der Waals surface area contributed by atoms with E-state index in [4.69, 9.17) is 9.47 Å². The monoisotopic (exact) mass is 614 g/mol. The van der Waals surface area contributed by atoms with Gasteiger partial charge in [0.2, 0.25) is 0 Å². The first-order valence-electron chi connectivity index (χ1n) is 19.2. The summed E-state index contributed by atoms with van der Waals surface area (Å²) in [6.07, 6.45) is 50.4. The van der Waals surface area contributed by atoms with E-state index in [0.717, 1.165) is 45.3 Å². The molecule has 1 aliphatic heterocycles. The average molecular weight is 614 g/mol. The van der Waals surface area contributed by atoms with E-state index in [-0.39, 0.29) is 11.9 Å². The zero-order valence-corrected chi connectivity index (χ0v) is 30.1. The van der Waals surface area contributed by atoms with E-state index in [9.17, 15) is 0 Å². The van der Waals surface area contributed by atoms with Crippen LogP contribution in [0.5, 0.6) is 0 Å². The van der Waals surface area contributed by atoms with Crippen molar-refractivity contribution in [2.45, 2.75) is 186 Å². The fourth-order valence-electron chi connectivity index (χ4n) is 5.96. The van der Waals surface area contributed by atoms with Crippen molar-refractivity contribution in [3.8, 4) is 0 Å². The Bertz CT molecular complexity index is 676. The van der Waals surface area contributed by atoms with E-state index in [2.05, 4.69) is 81.5 Å². The van der Waals surface area contributed by atoms with Crippen molar-refractivity contribution in [2.24, 2.45) is 0 Å². The Morgan fingerprint density at radius 3 is 1.39 bits per heavy atom. The van der Waals surface area contributed by atoms with Crippen molar-refractivity contribution in [1.82, 2.24) is 4.90 Å². The Balaban J connectivity index is 2.19. The molecular formula is C41H75NO2. The fraction of sp³-hybridized carbons (Fsp3) is 0.805. The molecule has 0 bridgehead atoms. The van der Waals surface area contributed by atoms with Gasteiger partial charge >= 0.3 is 0 Å². The van der Waals surface area contributed by atoms with Gasteiger partial charge in [-0.25, -0.2) is 0 Å². The number of hydrogen-bond acceptors (Lipinski definition) is 3. The number of nitrogens with zero attached hydrogens (tertiary/aromatic N) is 1. The molecule has 0 amide bonds. The largest absolute Gasteiger partial charge is 0.347 e. The minimum absolute atomic E-state index is 0.258. The molecular weight excluding hydrogens is 538 g/mol. The van der Waals surface area contributed by atoms with Crippen LogP contribution < -0.4 is 0 Å². The van der Waals surface area contributed by atoms with Crippen LogP contribution in [0.4, 0.5) is 0 Å². The zero-order chi connectivity index (χ0) is 31.8. The van der Waals surface area contributed by atoms with E-state index in [1.807, 2.05) is 0 Å². The first-order chi connectivity index (χ1) is 21.6. The summed E-state index contributed by atoms with van der Waals surface area (Å²) in [7, 11) is 4.29. The number of ether oxygens (including phenoxy) is 2. The molecule has 1 saturated heterocycles. The summed E-state index contributed by atoms with van der Waals surface area (Å²) in [6.45, 7) is 6.37. The number of rotatable bonds is 31. The molecule has 0 aromatic rings. The normalized spacial score (nSPS) is 17.2. The number of hydrogen-bond donors (Lipinski definition) is 0. The van der Waals surface area contributed by atoms with E-state index in [1.165, 1.54) is 128 Å². The van der Waals surface area contributed by atoms with Crippen molar-refractivity contribution in [3.05, 3.63) is 48.6 Å². The molecule has 1 atom stereocenters. The van der Waals surface area contributed by atoms with Crippen LogP contribution in [0, 0.1) is 0 Å². The third-order valence-corrected chi connectivity index (χ3v) is 8.83. The lowest BCUT2D eigenvalue weighted by molar-refractivity contribution is -0.180. The standard InChI is InChI=1S/C41H75NO2/c1-5-7-9-11-13-15-17-19-21-23-25-27-29-31-33-36-41(43-39-40(44-41)35-38-42(3)4)37-34-32-30-28-26-24-22-20-18-16-14-12-10-8-6-2/h13-16,19-22,40H,5-12,17-18,23-39H2,1-4H3/b15-13-,16-14-,21-19-,22-20-. The Labute approximate surface area is 276 Å². The van der Waals surface area contributed by atoms with Crippen molar-refractivity contribution < 1.29 is 9.47 Å². The molecule has 256 valence electrons. The Hall–Kier alpha value is -1.16. The maximum absolute atomic E-state index is 6.66. The molecule has 3 nitrogen and oxygen atoms in total. The highest BCUT2D eigenvalue weighted by Crippen LogP contribution is 2.35. The van der Waals surface area contributed by atoms with Crippen LogP contribution in [0.3, 0.4) is 0 Å². The summed E-state index contributed by atoms with van der Waals surface area (Å²) >= 11 is 0. The third-order valence-electron chi connectivity index (χ3n) is 8.83. The Morgan fingerprint density at radius 1 is 0.545 bits per heavy atom. The summed E-state index contributed by atoms with van der Waals surface area (Å²) in [5.74, 6) is -0.323. The van der Waals surface area contributed by atoms with Gasteiger partial charge in [-0.15, -0.1) is 0 Å². The molecule has 44 heavy (non-hydrogen) atoms. The van der Waals surface area contributed by atoms with Gasteiger partial charge in [0.1, 0.15) is 0 Å². The van der Waals surface area contributed by atoms with E-state index in [0.29, 0.717) is 0 Å². The molecule has 0 aromatic heterocycles. The van der Waals surface area contributed by atoms with Gasteiger partial charge < -0.3 is 14.4 Å². The smallest absolute Gasteiger partial charge is 0.168 e. The van der Waals surface area contributed by atoms with Gasteiger partial charge in [-0.1, -0.05) is 127 Å². The Morgan fingerprint density at radius 2 is 0.955 bits per heavy atom. The van der Waals surface area contributed by atoms with Gasteiger partial charge in [-0.3, -0.25) is 0 Å². The highest BCUT2D eigenvalue weighted by molar-refractivity contribution is 4.93. The zero-order valence-electron chi connectivity index (χ0n) is 30.1. The molecule has 0 spiro atoms. The topological polar surface area (TPSA) is 21.7 Å². The molecule has 1 aliphatic rings. The maximum atomic E-state index is 6.66. The maximum Gasteiger partial charge on any atom is 0.168 e. The van der Waals surface area contributed by atoms with E-state index in [1.54, 1.807) is 0 Å². The highest BCUT2D eigenvalue weighted by Gasteiger charge is 2.40. The van der Waals surface area contributed by atoms with Crippen LogP contribution in [0.25, 0.3) is 0 Å². The number of unbranched alkanes of at least 4 members (excludes halogenated alkanes) is 16. The van der Waals surface area contributed by atoms with Gasteiger partial charge in [0, 0.05) is 19.4 Å². The fourth-order valence-corrected chi connectivity index (χ4v) is 5.96. The van der Waals surface area contributed by atoms with Crippen molar-refractivity contribution in [2.75, 3.05) is 27.2 Å². The third kappa shape index (κ3) is 25.1. The van der Waals surface area contributed by atoms with Crippen molar-refractivity contribution >= 4 is 0 Å². The van der Waals surface area contributed by atoms with E-state index < -0.39 is 0 Å². The average Bonchev–Trinajstić information content (AvgIpc) is 3.43. The summed E-state index contributed by atoms with van der Waals surface area (Å²) in [6, 6.07) is 0. The summed E-state index contributed by atoms with van der Waals surface area (Å²) in [5, 5.41) is 0. The molecule has 1 heterocycles. The van der Waals surface area contributed by atoms with Gasteiger partial charge in [-0.2, -0.15) is 0 Å². The van der Waals surface area contributed by atoms with Crippen molar-refractivity contribution in [3.63, 3.8) is 0 Å². The van der Waals surface area contributed by atoms with Crippen LogP contribution in [-0.2, 0) is 9.47 Å². The van der Waals surface area contributed by atoms with Crippen LogP contribution in [0.1, 0.15) is 174 Å². The highest BCUT2D eigenvalue weighted by atomic mass is 16.7. The Kier molecular flexibility index (Phi) is 28.3. The van der Waals surface area contributed by atoms with Gasteiger partial charge in [0.25, 0.3) is 0 Å².